The molecule has 0 spiro atoms. The van der Waals surface area contributed by atoms with Crippen LogP contribution in [-0.2, 0) is 4.74 Å². The van der Waals surface area contributed by atoms with E-state index >= 15 is 0 Å². The normalized spacial score (nSPS) is 14.2. The van der Waals surface area contributed by atoms with Crippen LogP contribution in [0.1, 0.15) is 21.7 Å². The summed E-state index contributed by atoms with van der Waals surface area (Å²) in [5.74, 6) is 0.785. The molecule has 1 aromatic heterocycles. The zero-order valence-corrected chi connectivity index (χ0v) is 15.8. The number of aromatic nitrogens is 2. The summed E-state index contributed by atoms with van der Waals surface area (Å²) in [6.07, 6.45) is 0. The smallest absolute Gasteiger partial charge is 0.259 e. The van der Waals surface area contributed by atoms with Crippen LogP contribution in [0, 0.1) is 13.8 Å². The summed E-state index contributed by atoms with van der Waals surface area (Å²) in [6, 6.07) is 4.91. The van der Waals surface area contributed by atoms with Crippen molar-refractivity contribution in [2.75, 3.05) is 43.6 Å². The number of benzene rings is 1. The van der Waals surface area contributed by atoms with E-state index in [1.54, 1.807) is 18.2 Å². The molecule has 138 valence electrons. The molecule has 7 nitrogen and oxygen atoms in total. The minimum Gasteiger partial charge on any atom is -0.496 e. The van der Waals surface area contributed by atoms with Crippen molar-refractivity contribution < 1.29 is 14.3 Å². The minimum absolute atomic E-state index is 0.321. The average Bonchev–Trinajstić information content (AvgIpc) is 2.65. The van der Waals surface area contributed by atoms with E-state index in [1.165, 1.54) is 7.11 Å². The molecule has 2 aromatic rings. The number of hydrogen-bond donors (Lipinski definition) is 1. The third kappa shape index (κ3) is 3.89. The van der Waals surface area contributed by atoms with E-state index in [1.807, 2.05) is 13.8 Å². The number of amides is 1. The van der Waals surface area contributed by atoms with Crippen LogP contribution in [0.4, 0.5) is 11.6 Å². The number of nitrogens with zero attached hydrogens (tertiary/aromatic N) is 3. The summed E-state index contributed by atoms with van der Waals surface area (Å²) < 4.78 is 10.6. The number of aryl methyl sites for hydroxylation is 2. The molecular formula is C18H21ClN4O3. The number of hydrogen-bond acceptors (Lipinski definition) is 6. The monoisotopic (exact) mass is 376 g/mol. The van der Waals surface area contributed by atoms with Gasteiger partial charge in [0.15, 0.2) is 0 Å². The van der Waals surface area contributed by atoms with Crippen molar-refractivity contribution in [3.05, 3.63) is 40.2 Å². The summed E-state index contributed by atoms with van der Waals surface area (Å²) in [5, 5.41) is 3.34. The molecule has 1 saturated heterocycles. The van der Waals surface area contributed by atoms with E-state index in [0.29, 0.717) is 52.6 Å². The molecule has 1 aliphatic rings. The van der Waals surface area contributed by atoms with E-state index in [4.69, 9.17) is 21.1 Å². The lowest BCUT2D eigenvalue weighted by molar-refractivity contribution is 0.102. The van der Waals surface area contributed by atoms with Gasteiger partial charge in [-0.1, -0.05) is 11.6 Å². The largest absolute Gasteiger partial charge is 0.496 e. The fourth-order valence-electron chi connectivity index (χ4n) is 2.82. The van der Waals surface area contributed by atoms with E-state index in [9.17, 15) is 4.79 Å². The van der Waals surface area contributed by atoms with Crippen LogP contribution in [0.15, 0.2) is 18.2 Å². The lowest BCUT2D eigenvalue weighted by atomic mass is 10.1. The van der Waals surface area contributed by atoms with Crippen molar-refractivity contribution in [2.24, 2.45) is 0 Å². The third-order valence-electron chi connectivity index (χ3n) is 4.20. The molecule has 1 N–H and O–H groups in total. The molecule has 1 aromatic carbocycles. The van der Waals surface area contributed by atoms with Crippen molar-refractivity contribution in [2.45, 2.75) is 13.8 Å². The Labute approximate surface area is 157 Å². The van der Waals surface area contributed by atoms with E-state index < -0.39 is 0 Å². The van der Waals surface area contributed by atoms with E-state index in [0.717, 1.165) is 13.1 Å². The van der Waals surface area contributed by atoms with Gasteiger partial charge in [0.05, 0.1) is 43.0 Å². The van der Waals surface area contributed by atoms with Crippen molar-refractivity contribution >= 4 is 29.1 Å². The predicted octanol–water partition coefficient (Wildman–Crippen LogP) is 2.84. The molecule has 1 fully saturated rings. The Kier molecular flexibility index (Phi) is 5.58. The Bertz CT molecular complexity index is 799. The maximum atomic E-state index is 12.7. The van der Waals surface area contributed by atoms with E-state index in [-0.39, 0.29) is 5.91 Å². The lowest BCUT2D eigenvalue weighted by Crippen LogP contribution is -2.37. The standard InChI is InChI=1S/C18H21ClN4O3/c1-11-16(12(2)21-18(20-11)23-6-8-26-9-7-23)22-17(24)14-10-13(19)4-5-15(14)25-3/h4-5,10H,6-9H2,1-3H3,(H,22,24). The fraction of sp³-hybridized carbons (Fsp3) is 0.389. The number of carbonyl (C=O) groups is 1. The number of nitrogens with one attached hydrogen (secondary N) is 1. The molecule has 0 unspecified atom stereocenters. The molecule has 0 saturated carbocycles. The molecule has 0 atom stereocenters. The van der Waals surface area contributed by atoms with Gasteiger partial charge in [-0.05, 0) is 32.0 Å². The van der Waals surface area contributed by atoms with Gasteiger partial charge in [0.2, 0.25) is 5.95 Å². The van der Waals surface area contributed by atoms with Gasteiger partial charge >= 0.3 is 0 Å². The van der Waals surface area contributed by atoms with Crippen LogP contribution in [0.5, 0.6) is 5.75 Å². The molecular weight excluding hydrogens is 356 g/mol. The highest BCUT2D eigenvalue weighted by atomic mass is 35.5. The summed E-state index contributed by atoms with van der Waals surface area (Å²) >= 11 is 6.01. The molecule has 1 amide bonds. The molecule has 2 heterocycles. The van der Waals surface area contributed by atoms with Crippen LogP contribution < -0.4 is 15.0 Å². The number of carbonyl (C=O) groups excluding carboxylic acids is 1. The number of morpholine rings is 1. The SMILES string of the molecule is COc1ccc(Cl)cc1C(=O)Nc1c(C)nc(N2CCOCC2)nc1C. The second-order valence-corrected chi connectivity index (χ2v) is 6.40. The number of ether oxygens (including phenoxy) is 2. The molecule has 26 heavy (non-hydrogen) atoms. The second-order valence-electron chi connectivity index (χ2n) is 5.97. The van der Waals surface area contributed by atoms with E-state index in [2.05, 4.69) is 20.2 Å². The van der Waals surface area contributed by atoms with Crippen molar-refractivity contribution in [3.8, 4) is 5.75 Å². The Balaban J connectivity index is 1.86. The van der Waals surface area contributed by atoms with Crippen LogP contribution in [0.2, 0.25) is 5.02 Å². The maximum Gasteiger partial charge on any atom is 0.259 e. The molecule has 0 aliphatic carbocycles. The van der Waals surface area contributed by atoms with Crippen molar-refractivity contribution in [1.82, 2.24) is 9.97 Å². The predicted molar refractivity (Wildman–Crippen MR) is 100 cm³/mol. The zero-order chi connectivity index (χ0) is 18.7. The molecule has 3 rings (SSSR count). The van der Waals surface area contributed by atoms with Crippen LogP contribution >= 0.6 is 11.6 Å². The first-order valence-corrected chi connectivity index (χ1v) is 8.70. The average molecular weight is 377 g/mol. The quantitative estimate of drug-likeness (QED) is 0.884. The minimum atomic E-state index is -0.321. The third-order valence-corrected chi connectivity index (χ3v) is 4.43. The first-order valence-electron chi connectivity index (χ1n) is 8.32. The van der Waals surface area contributed by atoms with Gasteiger partial charge < -0.3 is 19.7 Å². The topological polar surface area (TPSA) is 76.6 Å². The summed E-state index contributed by atoms with van der Waals surface area (Å²) in [6.45, 7) is 6.53. The molecule has 0 radical (unpaired) electrons. The highest BCUT2D eigenvalue weighted by molar-refractivity contribution is 6.31. The Hall–Kier alpha value is -2.38. The van der Waals surface area contributed by atoms with Gasteiger partial charge in [-0.25, -0.2) is 9.97 Å². The van der Waals surface area contributed by atoms with Crippen molar-refractivity contribution in [3.63, 3.8) is 0 Å². The highest BCUT2D eigenvalue weighted by Gasteiger charge is 2.19. The van der Waals surface area contributed by atoms with Gasteiger partial charge in [0.1, 0.15) is 5.75 Å². The van der Waals surface area contributed by atoms with Crippen LogP contribution in [0.3, 0.4) is 0 Å². The second kappa shape index (κ2) is 7.88. The Morgan fingerprint density at radius 1 is 1.23 bits per heavy atom. The summed E-state index contributed by atoms with van der Waals surface area (Å²) in [4.78, 5) is 23.9. The van der Waals surface area contributed by atoms with Gasteiger partial charge in [-0.2, -0.15) is 0 Å². The lowest BCUT2D eigenvalue weighted by Gasteiger charge is -2.27. The number of halogens is 1. The number of methoxy groups -OCH3 is 1. The molecule has 1 aliphatic heterocycles. The number of anilines is 2. The van der Waals surface area contributed by atoms with Gasteiger partial charge in [-0.15, -0.1) is 0 Å². The summed E-state index contributed by atoms with van der Waals surface area (Å²) in [7, 11) is 1.51. The van der Waals surface area contributed by atoms with Crippen molar-refractivity contribution in [1.29, 1.82) is 0 Å². The summed E-state index contributed by atoms with van der Waals surface area (Å²) in [5.41, 5.74) is 2.35. The Morgan fingerprint density at radius 2 is 1.88 bits per heavy atom. The van der Waals surface area contributed by atoms with Gasteiger partial charge in [-0.3, -0.25) is 4.79 Å². The molecule has 8 heteroatoms. The van der Waals surface area contributed by atoms with Crippen LogP contribution in [-0.4, -0.2) is 49.3 Å². The fourth-order valence-corrected chi connectivity index (χ4v) is 2.99. The van der Waals surface area contributed by atoms with Crippen LogP contribution in [0.25, 0.3) is 0 Å². The first kappa shape index (κ1) is 18.4. The number of rotatable bonds is 4. The zero-order valence-electron chi connectivity index (χ0n) is 15.0. The first-order chi connectivity index (χ1) is 12.5. The maximum absolute atomic E-state index is 12.7. The Morgan fingerprint density at radius 3 is 2.50 bits per heavy atom. The van der Waals surface area contributed by atoms with Gasteiger partial charge in [0, 0.05) is 18.1 Å². The molecule has 0 bridgehead atoms. The van der Waals surface area contributed by atoms with Gasteiger partial charge in [0.25, 0.3) is 5.91 Å². The highest BCUT2D eigenvalue weighted by Crippen LogP contribution is 2.26.